The van der Waals surface area contributed by atoms with Crippen LogP contribution in [0.4, 0.5) is 8.63 Å². The monoisotopic (exact) mass is 1070 g/mol. The van der Waals surface area contributed by atoms with E-state index in [-0.39, 0.29) is 11.5 Å². The topological polar surface area (TPSA) is 89.0 Å². The molecule has 0 radical (unpaired) electrons. The van der Waals surface area contributed by atoms with Gasteiger partial charge in [0.05, 0.1) is 38.2 Å². The van der Waals surface area contributed by atoms with E-state index in [0.717, 1.165) is 108 Å². The predicted molar refractivity (Wildman–Crippen MR) is 320 cm³/mol. The molecule has 78 heavy (non-hydrogen) atoms. The van der Waals surface area contributed by atoms with Crippen LogP contribution in [0.25, 0.3) is 50.3 Å². The summed E-state index contributed by atoms with van der Waals surface area (Å²) >= 11 is 0. The van der Waals surface area contributed by atoms with Gasteiger partial charge in [0.25, 0.3) is 0 Å². The molecule has 0 bridgehead atoms. The average Bonchev–Trinajstić information content (AvgIpc) is 4.23. The van der Waals surface area contributed by atoms with Crippen LogP contribution in [-0.4, -0.2) is 49.3 Å². The number of unbranched alkanes of at least 4 members (excludes halogenated alkanes) is 20. The smallest absolute Gasteiger partial charge is 0.568 e. The number of ketones is 1. The Hall–Kier alpha value is -6.23. The normalized spacial score (nSPS) is 13.0. The number of aromatic amines is 2. The molecular weight excluding hydrogens is 978 g/mol. The molecule has 3 heterocycles. The number of hydrogen-bond acceptors (Lipinski definition) is 5. The van der Waals surface area contributed by atoms with E-state index in [1.165, 1.54) is 103 Å². The minimum atomic E-state index is -4.83. The molecule has 0 saturated heterocycles. The number of halogens is 2. The van der Waals surface area contributed by atoms with Gasteiger partial charge in [0.2, 0.25) is 0 Å². The standard InChI is InChI=1S/C67H89BF2N2O6/c1-5-9-13-17-21-25-45-73-56-37-29-52(30-38-56)60-50-71-66(64(60)54-33-41-58(42-34-54)75-47-27-23-19-15-11-7-3)62-49-63(78-68(69,70)77-62)67-65(55-35-43-59(44-36-55)76-48-28-24-20-16-12-8-4)61(51-72-67)53-31-39-57(40-32-53)74-46-26-22-18-14-10-6-2/h29-44,49-51,71-72H,5-28,45-48H2,1-4H3. The molecule has 2 N–H and O–H groups in total. The van der Waals surface area contributed by atoms with E-state index in [0.29, 0.717) is 48.9 Å². The van der Waals surface area contributed by atoms with Crippen LogP contribution in [-0.2, 0) is 4.65 Å². The van der Waals surface area contributed by atoms with Crippen molar-refractivity contribution in [2.75, 3.05) is 26.4 Å². The fourth-order valence-corrected chi connectivity index (χ4v) is 10.2. The van der Waals surface area contributed by atoms with Crippen molar-refractivity contribution in [1.82, 2.24) is 9.97 Å². The second kappa shape index (κ2) is 32.6. The first kappa shape index (κ1) is 59.4. The van der Waals surface area contributed by atoms with E-state index >= 15 is 8.63 Å². The SMILES string of the molecule is CCCCCCCCOc1ccc(-c2c[nH]c(C3=CC(c4[nH]cc(-c5ccc(OCCCCCCCC)cc5)c4-c4ccc(OCCCCCCCC)cc4)=[O+][B-](F)(F)O3)c2-c2ccc(OCCCCCCCC)cc2)cc1. The molecule has 7 rings (SSSR count). The third kappa shape index (κ3) is 18.4. The Morgan fingerprint density at radius 2 is 0.679 bits per heavy atom. The maximum absolute atomic E-state index is 16.3. The zero-order valence-electron chi connectivity index (χ0n) is 47.6. The molecule has 0 spiro atoms. The van der Waals surface area contributed by atoms with Gasteiger partial charge in [-0.25, -0.2) is 0 Å². The third-order valence-corrected chi connectivity index (χ3v) is 14.7. The quantitative estimate of drug-likeness (QED) is 0.0229. The van der Waals surface area contributed by atoms with Crippen molar-refractivity contribution >= 4 is 18.6 Å². The fraction of sp³-hybridized carbons (Fsp3) is 0.478. The molecule has 0 atom stereocenters. The second-order valence-corrected chi connectivity index (χ2v) is 21.1. The largest absolute Gasteiger partial charge is 0.995 e. The first-order valence-electron chi connectivity index (χ1n) is 30.1. The Morgan fingerprint density at radius 3 is 1.03 bits per heavy atom. The van der Waals surface area contributed by atoms with Crippen molar-refractivity contribution in [1.29, 1.82) is 0 Å². The van der Waals surface area contributed by atoms with Gasteiger partial charge >= 0.3 is 12.9 Å². The highest BCUT2D eigenvalue weighted by molar-refractivity contribution is 6.52. The van der Waals surface area contributed by atoms with Gasteiger partial charge in [0.1, 0.15) is 34.5 Å². The van der Waals surface area contributed by atoms with Gasteiger partial charge < -0.3 is 46.5 Å². The Kier molecular flexibility index (Phi) is 24.9. The van der Waals surface area contributed by atoms with Crippen molar-refractivity contribution in [2.24, 2.45) is 0 Å². The summed E-state index contributed by atoms with van der Waals surface area (Å²) in [5, 5.41) is 0. The van der Waals surface area contributed by atoms with E-state index in [1.54, 1.807) is 6.08 Å². The molecule has 0 aliphatic carbocycles. The summed E-state index contributed by atoms with van der Waals surface area (Å²) in [6.45, 7) is 11.5. The van der Waals surface area contributed by atoms with Gasteiger partial charge in [-0.2, -0.15) is 0 Å². The first-order valence-corrected chi connectivity index (χ1v) is 30.1. The molecule has 8 nitrogen and oxygen atoms in total. The molecule has 11 heteroatoms. The van der Waals surface area contributed by atoms with Gasteiger partial charge in [-0.3, -0.25) is 0 Å². The van der Waals surface area contributed by atoms with Gasteiger partial charge in [0, 0.05) is 34.6 Å². The molecule has 0 fully saturated rings. The molecule has 4 aromatic carbocycles. The highest BCUT2D eigenvalue weighted by atomic mass is 19.3. The van der Waals surface area contributed by atoms with E-state index in [4.69, 9.17) is 27.9 Å². The van der Waals surface area contributed by atoms with Crippen LogP contribution in [0.5, 0.6) is 23.0 Å². The van der Waals surface area contributed by atoms with Crippen molar-refractivity contribution in [3.63, 3.8) is 0 Å². The second-order valence-electron chi connectivity index (χ2n) is 21.1. The lowest BCUT2D eigenvalue weighted by atomic mass is 9.93. The minimum Gasteiger partial charge on any atom is -0.568 e. The molecule has 2 aromatic heterocycles. The predicted octanol–water partition coefficient (Wildman–Crippen LogP) is 20.1. The lowest BCUT2D eigenvalue weighted by Crippen LogP contribution is -2.31. The molecule has 0 saturated carbocycles. The van der Waals surface area contributed by atoms with Crippen LogP contribution < -0.4 is 18.9 Å². The van der Waals surface area contributed by atoms with Gasteiger partial charge in [0.15, 0.2) is 0 Å². The van der Waals surface area contributed by atoms with Crippen LogP contribution in [0.2, 0.25) is 0 Å². The maximum Gasteiger partial charge on any atom is 0.995 e. The van der Waals surface area contributed by atoms with Crippen molar-refractivity contribution in [3.05, 3.63) is 127 Å². The average molecular weight is 1070 g/mol. The van der Waals surface area contributed by atoms with Gasteiger partial charge in [-0.05, 0) is 96.5 Å². The summed E-state index contributed by atoms with van der Waals surface area (Å²) in [6.07, 6.45) is 33.7. The maximum atomic E-state index is 16.3. The molecule has 1 aliphatic rings. The van der Waals surface area contributed by atoms with Crippen LogP contribution in [0, 0.1) is 0 Å². The molecule has 420 valence electrons. The van der Waals surface area contributed by atoms with Gasteiger partial charge in [-0.1, -0.05) is 205 Å². The highest BCUT2D eigenvalue weighted by Crippen LogP contribution is 2.43. The molecule has 6 aromatic rings. The van der Waals surface area contributed by atoms with Gasteiger partial charge in [-0.15, -0.1) is 0 Å². The Balaban J connectivity index is 1.19. The van der Waals surface area contributed by atoms with Crippen LogP contribution >= 0.6 is 0 Å². The number of carbonyl (C=O) groups excluding carboxylic acids is 1. The number of hydrogen-bond donors (Lipinski definition) is 2. The lowest BCUT2D eigenvalue weighted by molar-refractivity contribution is -0.183. The Morgan fingerprint density at radius 1 is 0.385 bits per heavy atom. The van der Waals surface area contributed by atoms with E-state index < -0.39 is 7.11 Å². The number of ether oxygens (including phenoxy) is 4. The number of H-pyrrole nitrogens is 2. The molecular formula is C67H89BF2N2O6. The number of rotatable bonds is 38. The Labute approximate surface area is 465 Å². The summed E-state index contributed by atoms with van der Waals surface area (Å²) < 4.78 is 68.5. The fourth-order valence-electron chi connectivity index (χ4n) is 10.2. The van der Waals surface area contributed by atoms with Crippen molar-refractivity contribution < 1.29 is 36.6 Å². The summed E-state index contributed by atoms with van der Waals surface area (Å²) in [5.41, 5.74) is 7.27. The summed E-state index contributed by atoms with van der Waals surface area (Å²) in [4.78, 5) is 6.75. The third-order valence-electron chi connectivity index (χ3n) is 14.7. The number of nitrogens with one attached hydrogen (secondary N) is 2. The highest BCUT2D eigenvalue weighted by Gasteiger charge is 2.54. The van der Waals surface area contributed by atoms with Crippen molar-refractivity contribution in [3.8, 4) is 67.5 Å². The summed E-state index contributed by atoms with van der Waals surface area (Å²) in [7, 11) is -4.83. The Bertz CT molecular complexity index is 2690. The first-order chi connectivity index (χ1) is 38.3. The lowest BCUT2D eigenvalue weighted by Gasteiger charge is -2.21. The molecule has 0 unspecified atom stereocenters. The number of allylic oxidation sites excluding steroid dienone is 1. The van der Waals surface area contributed by atoms with Crippen LogP contribution in [0.3, 0.4) is 0 Å². The van der Waals surface area contributed by atoms with Crippen molar-refractivity contribution in [2.45, 2.75) is 182 Å². The zero-order valence-corrected chi connectivity index (χ0v) is 47.6. The van der Waals surface area contributed by atoms with Crippen LogP contribution in [0.15, 0.2) is 116 Å². The summed E-state index contributed by atoms with van der Waals surface area (Å²) in [6, 6.07) is 31.7. The molecule has 0 amide bonds. The number of aromatic nitrogens is 2. The minimum absolute atomic E-state index is 0.0443. The van der Waals surface area contributed by atoms with E-state index in [1.807, 2.05) is 109 Å². The summed E-state index contributed by atoms with van der Waals surface area (Å²) in [5.74, 6) is 3.00. The zero-order chi connectivity index (χ0) is 54.6. The van der Waals surface area contributed by atoms with E-state index in [2.05, 4.69) is 37.7 Å². The van der Waals surface area contributed by atoms with E-state index in [9.17, 15) is 0 Å². The number of benzene rings is 4. The molecule has 1 aliphatic heterocycles. The van der Waals surface area contributed by atoms with Crippen LogP contribution in [0.1, 0.15) is 198 Å².